The van der Waals surface area contributed by atoms with E-state index in [1.165, 1.54) is 0 Å². The van der Waals surface area contributed by atoms with Crippen LogP contribution in [0.2, 0.25) is 0 Å². The standard InChI is InChI=1S/C11H18N4O/c1-16-10-3-5-15(9(6-10)7-12)11-2-4-13-8-14-11/h2,4,8-10H,3,5-7,12H2,1H3. The number of rotatable bonds is 3. The number of ether oxygens (including phenoxy) is 1. The molecule has 0 saturated carbocycles. The summed E-state index contributed by atoms with van der Waals surface area (Å²) in [6.45, 7) is 1.57. The number of nitrogens with two attached hydrogens (primary N) is 1. The second-order valence-electron chi connectivity index (χ2n) is 4.03. The lowest BCUT2D eigenvalue weighted by Gasteiger charge is -2.39. The Kier molecular flexibility index (Phi) is 3.69. The van der Waals surface area contributed by atoms with Crippen molar-refractivity contribution in [1.82, 2.24) is 9.97 Å². The van der Waals surface area contributed by atoms with Gasteiger partial charge in [0, 0.05) is 32.4 Å². The van der Waals surface area contributed by atoms with E-state index in [0.29, 0.717) is 18.7 Å². The summed E-state index contributed by atoms with van der Waals surface area (Å²) in [6.07, 6.45) is 5.66. The first kappa shape index (κ1) is 11.3. The predicted octanol–water partition coefficient (Wildman–Crippen LogP) is 0.419. The van der Waals surface area contributed by atoms with Gasteiger partial charge in [-0.2, -0.15) is 0 Å². The van der Waals surface area contributed by atoms with E-state index >= 15 is 0 Å². The Hall–Kier alpha value is -1.20. The lowest BCUT2D eigenvalue weighted by Crippen LogP contribution is -2.49. The molecule has 5 nitrogen and oxygen atoms in total. The monoisotopic (exact) mass is 222 g/mol. The first-order valence-electron chi connectivity index (χ1n) is 5.60. The molecule has 0 spiro atoms. The van der Waals surface area contributed by atoms with Crippen LogP contribution in [0.1, 0.15) is 12.8 Å². The van der Waals surface area contributed by atoms with Crippen molar-refractivity contribution in [3.05, 3.63) is 18.6 Å². The Balaban J connectivity index is 2.10. The zero-order valence-corrected chi connectivity index (χ0v) is 9.54. The molecule has 16 heavy (non-hydrogen) atoms. The topological polar surface area (TPSA) is 64.3 Å². The highest BCUT2D eigenvalue weighted by atomic mass is 16.5. The molecule has 1 saturated heterocycles. The summed E-state index contributed by atoms with van der Waals surface area (Å²) in [5.41, 5.74) is 5.81. The van der Waals surface area contributed by atoms with E-state index in [-0.39, 0.29) is 0 Å². The Morgan fingerprint density at radius 1 is 1.62 bits per heavy atom. The lowest BCUT2D eigenvalue weighted by atomic mass is 9.99. The van der Waals surface area contributed by atoms with Crippen LogP contribution in [0.5, 0.6) is 0 Å². The van der Waals surface area contributed by atoms with Crippen LogP contribution in [0.4, 0.5) is 5.82 Å². The van der Waals surface area contributed by atoms with Crippen LogP contribution in [-0.2, 0) is 4.74 Å². The second kappa shape index (κ2) is 5.23. The van der Waals surface area contributed by atoms with Crippen molar-refractivity contribution < 1.29 is 4.74 Å². The number of anilines is 1. The van der Waals surface area contributed by atoms with Gasteiger partial charge in [0.15, 0.2) is 0 Å². The molecule has 0 aliphatic carbocycles. The van der Waals surface area contributed by atoms with E-state index in [1.807, 2.05) is 6.07 Å². The molecule has 2 N–H and O–H groups in total. The van der Waals surface area contributed by atoms with Gasteiger partial charge in [0.05, 0.1) is 6.10 Å². The summed E-state index contributed by atoms with van der Waals surface area (Å²) in [5.74, 6) is 0.958. The molecule has 2 atom stereocenters. The molecule has 5 heteroatoms. The van der Waals surface area contributed by atoms with Crippen molar-refractivity contribution in [3.63, 3.8) is 0 Å². The average Bonchev–Trinajstić information content (AvgIpc) is 2.39. The van der Waals surface area contributed by atoms with Crippen LogP contribution in [-0.4, -0.2) is 42.3 Å². The molecule has 2 unspecified atom stereocenters. The van der Waals surface area contributed by atoms with Crippen LogP contribution in [0.15, 0.2) is 18.6 Å². The molecule has 2 rings (SSSR count). The van der Waals surface area contributed by atoms with E-state index in [4.69, 9.17) is 10.5 Å². The van der Waals surface area contributed by atoms with Gasteiger partial charge in [-0.05, 0) is 18.9 Å². The maximum absolute atomic E-state index is 5.81. The molecule has 0 bridgehead atoms. The molecule has 1 aliphatic rings. The SMILES string of the molecule is COC1CCN(c2ccncn2)C(CN)C1. The van der Waals surface area contributed by atoms with E-state index in [2.05, 4.69) is 14.9 Å². The van der Waals surface area contributed by atoms with E-state index < -0.39 is 0 Å². The van der Waals surface area contributed by atoms with Crippen LogP contribution < -0.4 is 10.6 Å². The van der Waals surface area contributed by atoms with Crippen molar-refractivity contribution >= 4 is 5.82 Å². The second-order valence-corrected chi connectivity index (χ2v) is 4.03. The normalized spacial score (nSPS) is 25.8. The van der Waals surface area contributed by atoms with Crippen LogP contribution in [0.3, 0.4) is 0 Å². The van der Waals surface area contributed by atoms with Crippen molar-refractivity contribution in [2.75, 3.05) is 25.1 Å². The number of hydrogen-bond acceptors (Lipinski definition) is 5. The van der Waals surface area contributed by atoms with Crippen LogP contribution in [0.25, 0.3) is 0 Å². The number of piperidine rings is 1. The average molecular weight is 222 g/mol. The Morgan fingerprint density at radius 3 is 3.12 bits per heavy atom. The third-order valence-corrected chi connectivity index (χ3v) is 3.13. The molecule has 2 heterocycles. The Morgan fingerprint density at radius 2 is 2.50 bits per heavy atom. The number of nitrogens with zero attached hydrogens (tertiary/aromatic N) is 3. The fourth-order valence-electron chi connectivity index (χ4n) is 2.21. The van der Waals surface area contributed by atoms with Gasteiger partial charge in [-0.1, -0.05) is 0 Å². The molecule has 0 amide bonds. The predicted molar refractivity (Wildman–Crippen MR) is 62.3 cm³/mol. The zero-order valence-electron chi connectivity index (χ0n) is 9.54. The highest BCUT2D eigenvalue weighted by molar-refractivity contribution is 5.39. The summed E-state index contributed by atoms with van der Waals surface area (Å²) in [6, 6.07) is 2.24. The van der Waals surface area contributed by atoms with Crippen molar-refractivity contribution in [1.29, 1.82) is 0 Å². The van der Waals surface area contributed by atoms with E-state index in [9.17, 15) is 0 Å². The van der Waals surface area contributed by atoms with Crippen LogP contribution in [0, 0.1) is 0 Å². The maximum atomic E-state index is 5.81. The molecule has 1 aromatic heterocycles. The van der Waals surface area contributed by atoms with E-state index in [1.54, 1.807) is 19.6 Å². The summed E-state index contributed by atoms with van der Waals surface area (Å²) >= 11 is 0. The molecular formula is C11H18N4O. The zero-order chi connectivity index (χ0) is 11.4. The van der Waals surface area contributed by atoms with Gasteiger partial charge in [-0.15, -0.1) is 0 Å². The maximum Gasteiger partial charge on any atom is 0.132 e. The lowest BCUT2D eigenvalue weighted by molar-refractivity contribution is 0.0708. The highest BCUT2D eigenvalue weighted by Gasteiger charge is 2.28. The molecule has 0 radical (unpaired) electrons. The summed E-state index contributed by atoms with van der Waals surface area (Å²) in [7, 11) is 1.76. The van der Waals surface area contributed by atoms with Gasteiger partial charge in [0.25, 0.3) is 0 Å². The number of aromatic nitrogens is 2. The van der Waals surface area contributed by atoms with Crippen molar-refractivity contribution in [2.24, 2.45) is 5.73 Å². The first-order valence-corrected chi connectivity index (χ1v) is 5.60. The Labute approximate surface area is 95.6 Å². The summed E-state index contributed by atoms with van der Waals surface area (Å²) < 4.78 is 5.39. The largest absolute Gasteiger partial charge is 0.381 e. The third kappa shape index (κ3) is 2.31. The smallest absolute Gasteiger partial charge is 0.132 e. The Bertz CT molecular complexity index is 319. The van der Waals surface area contributed by atoms with Crippen molar-refractivity contribution in [3.8, 4) is 0 Å². The quantitative estimate of drug-likeness (QED) is 0.803. The fourth-order valence-corrected chi connectivity index (χ4v) is 2.21. The molecule has 1 aromatic rings. The number of methoxy groups -OCH3 is 1. The summed E-state index contributed by atoms with van der Waals surface area (Å²) in [4.78, 5) is 10.4. The highest BCUT2D eigenvalue weighted by Crippen LogP contribution is 2.23. The van der Waals surface area contributed by atoms with Gasteiger partial charge >= 0.3 is 0 Å². The number of hydrogen-bond donors (Lipinski definition) is 1. The summed E-state index contributed by atoms with van der Waals surface area (Å²) in [5, 5.41) is 0. The molecular weight excluding hydrogens is 204 g/mol. The fraction of sp³-hybridized carbons (Fsp3) is 0.636. The minimum atomic E-state index is 0.314. The van der Waals surface area contributed by atoms with Crippen LogP contribution >= 0.6 is 0 Å². The molecule has 0 aromatic carbocycles. The minimum Gasteiger partial charge on any atom is -0.381 e. The van der Waals surface area contributed by atoms with Gasteiger partial charge in [0.1, 0.15) is 12.1 Å². The van der Waals surface area contributed by atoms with Gasteiger partial charge in [-0.3, -0.25) is 0 Å². The van der Waals surface area contributed by atoms with Gasteiger partial charge < -0.3 is 15.4 Å². The third-order valence-electron chi connectivity index (χ3n) is 3.13. The molecule has 1 fully saturated rings. The van der Waals surface area contributed by atoms with E-state index in [0.717, 1.165) is 25.2 Å². The van der Waals surface area contributed by atoms with Gasteiger partial charge in [-0.25, -0.2) is 9.97 Å². The molecule has 1 aliphatic heterocycles. The van der Waals surface area contributed by atoms with Gasteiger partial charge in [0.2, 0.25) is 0 Å². The first-order chi connectivity index (χ1) is 7.85. The minimum absolute atomic E-state index is 0.314. The van der Waals surface area contributed by atoms with Crippen molar-refractivity contribution in [2.45, 2.75) is 25.0 Å². The molecule has 88 valence electrons.